The van der Waals surface area contributed by atoms with Crippen LogP contribution in [0.2, 0.25) is 0 Å². The Morgan fingerprint density at radius 2 is 1.86 bits per heavy atom. The molecule has 4 heterocycles. The van der Waals surface area contributed by atoms with Gasteiger partial charge >= 0.3 is 0 Å². The van der Waals surface area contributed by atoms with E-state index in [1.807, 2.05) is 25.4 Å². The van der Waals surface area contributed by atoms with E-state index in [9.17, 15) is 4.79 Å². The summed E-state index contributed by atoms with van der Waals surface area (Å²) >= 11 is 0. The molecule has 3 aromatic heterocycles. The van der Waals surface area contributed by atoms with Gasteiger partial charge in [-0.05, 0) is 49.4 Å². The molecule has 0 atom stereocenters. The Hall–Kier alpha value is -2.67. The lowest BCUT2D eigenvalue weighted by atomic mass is 9.89. The number of Topliss-reactive ketones (excluding diaryl/α,β-unsaturated/α-hetero) is 1. The number of nitrogens with zero attached hydrogens (tertiary/aromatic N) is 6. The van der Waals surface area contributed by atoms with Crippen LogP contribution in [0.1, 0.15) is 32.4 Å². The molecule has 1 saturated heterocycles. The van der Waals surface area contributed by atoms with Crippen LogP contribution in [0.25, 0.3) is 22.2 Å². The van der Waals surface area contributed by atoms with Crippen molar-refractivity contribution in [2.75, 3.05) is 19.6 Å². The third-order valence-electron chi connectivity index (χ3n) is 5.55. The van der Waals surface area contributed by atoms with Gasteiger partial charge in [-0.25, -0.2) is 0 Å². The third kappa shape index (κ3) is 4.67. The molecule has 1 aliphatic rings. The maximum Gasteiger partial charge on any atom is 0.142 e. The zero-order chi connectivity index (χ0) is 20.4. The molecule has 0 spiro atoms. The topological polar surface area (TPSA) is 76.8 Å². The van der Waals surface area contributed by atoms with E-state index in [1.54, 1.807) is 17.1 Å². The molecule has 4 rings (SSSR count). The molecule has 7 heteroatoms. The fourth-order valence-electron chi connectivity index (χ4n) is 4.06. The van der Waals surface area contributed by atoms with Crippen molar-refractivity contribution >= 4 is 16.6 Å². The largest absolute Gasteiger partial charge is 0.303 e. The van der Waals surface area contributed by atoms with Crippen molar-refractivity contribution < 1.29 is 4.79 Å². The van der Waals surface area contributed by atoms with E-state index in [2.05, 4.69) is 39.0 Å². The zero-order valence-corrected chi connectivity index (χ0v) is 17.4. The summed E-state index contributed by atoms with van der Waals surface area (Å²) in [6.45, 7) is 7.65. The normalized spacial score (nSPS) is 16.0. The number of ketones is 1. The van der Waals surface area contributed by atoms with Gasteiger partial charge in [0.15, 0.2) is 0 Å². The van der Waals surface area contributed by atoms with Crippen molar-refractivity contribution in [1.82, 2.24) is 29.9 Å². The van der Waals surface area contributed by atoms with E-state index >= 15 is 0 Å². The van der Waals surface area contributed by atoms with E-state index in [-0.39, 0.29) is 5.92 Å². The third-order valence-corrected chi connectivity index (χ3v) is 5.55. The smallest absolute Gasteiger partial charge is 0.142 e. The molecule has 3 aromatic rings. The monoisotopic (exact) mass is 392 g/mol. The van der Waals surface area contributed by atoms with E-state index < -0.39 is 0 Å². The summed E-state index contributed by atoms with van der Waals surface area (Å²) in [6.07, 6.45) is 7.75. The highest BCUT2D eigenvalue weighted by atomic mass is 16.1. The molecule has 0 aromatic carbocycles. The van der Waals surface area contributed by atoms with E-state index in [4.69, 9.17) is 0 Å². The lowest BCUT2D eigenvalue weighted by molar-refractivity contribution is -0.123. The SMILES string of the molecule is CC(C)CN1CCC(C(=O)Cc2cc3cc(-c4cn(C)nn4)ncc3cn2)CC1. The quantitative estimate of drug-likeness (QED) is 0.642. The van der Waals surface area contributed by atoms with Crippen molar-refractivity contribution in [3.05, 3.63) is 36.4 Å². The van der Waals surface area contributed by atoms with Crippen LogP contribution in [0, 0.1) is 11.8 Å². The Labute approximate surface area is 171 Å². The molecule has 0 N–H and O–H groups in total. The number of hydrogen-bond donors (Lipinski definition) is 0. The van der Waals surface area contributed by atoms with Gasteiger partial charge in [-0.15, -0.1) is 5.10 Å². The van der Waals surface area contributed by atoms with Gasteiger partial charge in [0.1, 0.15) is 11.5 Å². The molecule has 29 heavy (non-hydrogen) atoms. The van der Waals surface area contributed by atoms with Gasteiger partial charge in [-0.1, -0.05) is 19.1 Å². The Balaban J connectivity index is 1.44. The molecule has 152 valence electrons. The average Bonchev–Trinajstić information content (AvgIpc) is 3.14. The van der Waals surface area contributed by atoms with Gasteiger partial charge in [0, 0.05) is 49.4 Å². The number of carbonyl (C=O) groups is 1. The minimum Gasteiger partial charge on any atom is -0.303 e. The molecule has 0 amide bonds. The summed E-state index contributed by atoms with van der Waals surface area (Å²) in [7, 11) is 1.83. The molecule has 0 aliphatic carbocycles. The lowest BCUT2D eigenvalue weighted by Crippen LogP contribution is -2.38. The van der Waals surface area contributed by atoms with E-state index in [0.717, 1.165) is 60.3 Å². The molecule has 1 fully saturated rings. The molecule has 0 radical (unpaired) electrons. The predicted molar refractivity (Wildman–Crippen MR) is 112 cm³/mol. The maximum absolute atomic E-state index is 12.8. The first-order chi connectivity index (χ1) is 14.0. The van der Waals surface area contributed by atoms with Crippen molar-refractivity contribution in [1.29, 1.82) is 0 Å². The Kier molecular flexibility index (Phi) is 5.67. The Morgan fingerprint density at radius 1 is 1.10 bits per heavy atom. The van der Waals surface area contributed by atoms with Gasteiger partial charge in [-0.3, -0.25) is 19.4 Å². The second-order valence-electron chi connectivity index (χ2n) is 8.48. The van der Waals surface area contributed by atoms with E-state index in [0.29, 0.717) is 18.1 Å². The molecule has 7 nitrogen and oxygen atoms in total. The van der Waals surface area contributed by atoms with E-state index in [1.165, 1.54) is 0 Å². The van der Waals surface area contributed by atoms with Crippen LogP contribution in [-0.4, -0.2) is 55.3 Å². The lowest BCUT2D eigenvalue weighted by Gasteiger charge is -2.32. The number of piperidine rings is 1. The van der Waals surface area contributed by atoms with Gasteiger partial charge in [-0.2, -0.15) is 0 Å². The molecule has 1 aliphatic heterocycles. The molecular weight excluding hydrogens is 364 g/mol. The first-order valence-corrected chi connectivity index (χ1v) is 10.3. The van der Waals surface area contributed by atoms with Gasteiger partial charge in [0.25, 0.3) is 0 Å². The summed E-state index contributed by atoms with van der Waals surface area (Å²) < 4.78 is 1.66. The van der Waals surface area contributed by atoms with Crippen molar-refractivity contribution in [3.63, 3.8) is 0 Å². The molecule has 0 unspecified atom stereocenters. The van der Waals surface area contributed by atoms with Crippen LogP contribution >= 0.6 is 0 Å². The summed E-state index contributed by atoms with van der Waals surface area (Å²) in [4.78, 5) is 24.3. The number of aryl methyl sites for hydroxylation is 1. The highest BCUT2D eigenvalue weighted by Crippen LogP contribution is 2.23. The maximum atomic E-state index is 12.8. The summed E-state index contributed by atoms with van der Waals surface area (Å²) in [5, 5.41) is 10.1. The molecular formula is C22H28N6O. The fourth-order valence-corrected chi connectivity index (χ4v) is 4.06. The molecule has 0 saturated carbocycles. The Bertz CT molecular complexity index is 1000. The number of carbonyl (C=O) groups excluding carboxylic acids is 1. The number of pyridine rings is 2. The van der Waals surface area contributed by atoms with Crippen LogP contribution in [0.5, 0.6) is 0 Å². The second-order valence-corrected chi connectivity index (χ2v) is 8.48. The summed E-state index contributed by atoms with van der Waals surface area (Å²) in [5.74, 6) is 1.14. The van der Waals surface area contributed by atoms with Gasteiger partial charge < -0.3 is 4.90 Å². The first-order valence-electron chi connectivity index (χ1n) is 10.3. The summed E-state index contributed by atoms with van der Waals surface area (Å²) in [5.41, 5.74) is 2.33. The van der Waals surface area contributed by atoms with Gasteiger partial charge in [0.05, 0.1) is 11.9 Å². The number of likely N-dealkylation sites (tertiary alicyclic amines) is 1. The van der Waals surface area contributed by atoms with Gasteiger partial charge in [0.2, 0.25) is 0 Å². The Morgan fingerprint density at radius 3 is 2.55 bits per heavy atom. The standard InChI is InChI=1S/C22H28N6O/c1-15(2)13-28-6-4-16(5-7-28)22(29)10-19-8-17-9-20(21-14-27(3)26-25-21)24-12-18(17)11-23-19/h8-9,11-12,14-16H,4-7,10,13H2,1-3H3. The number of hydrogen-bond acceptors (Lipinski definition) is 6. The minimum absolute atomic E-state index is 0.156. The van der Waals surface area contributed by atoms with Crippen molar-refractivity contribution in [2.24, 2.45) is 18.9 Å². The number of rotatable bonds is 6. The van der Waals surface area contributed by atoms with Crippen LogP contribution in [0.15, 0.2) is 30.7 Å². The van der Waals surface area contributed by atoms with Crippen LogP contribution < -0.4 is 0 Å². The second kappa shape index (κ2) is 8.37. The first kappa shape index (κ1) is 19.6. The fraction of sp³-hybridized carbons (Fsp3) is 0.500. The molecule has 0 bridgehead atoms. The number of aromatic nitrogens is 5. The summed E-state index contributed by atoms with van der Waals surface area (Å²) in [6, 6.07) is 3.99. The average molecular weight is 393 g/mol. The van der Waals surface area contributed by atoms with Crippen LogP contribution in [0.4, 0.5) is 0 Å². The minimum atomic E-state index is 0.156. The number of fused-ring (bicyclic) bond motifs is 1. The highest BCUT2D eigenvalue weighted by molar-refractivity contribution is 5.87. The van der Waals surface area contributed by atoms with Crippen LogP contribution in [-0.2, 0) is 18.3 Å². The zero-order valence-electron chi connectivity index (χ0n) is 17.4. The predicted octanol–water partition coefficient (Wildman–Crippen LogP) is 2.90. The highest BCUT2D eigenvalue weighted by Gasteiger charge is 2.25. The van der Waals surface area contributed by atoms with Crippen molar-refractivity contribution in [3.8, 4) is 11.4 Å². The van der Waals surface area contributed by atoms with Crippen molar-refractivity contribution in [2.45, 2.75) is 33.1 Å². The van der Waals surface area contributed by atoms with Crippen LogP contribution in [0.3, 0.4) is 0 Å².